The number of hydrogen-bond donors (Lipinski definition) is 2. The van der Waals surface area contributed by atoms with Gasteiger partial charge in [-0.3, -0.25) is 4.79 Å². The highest BCUT2D eigenvalue weighted by Gasteiger charge is 2.16. The van der Waals surface area contributed by atoms with Crippen LogP contribution in [0.2, 0.25) is 10.0 Å². The van der Waals surface area contributed by atoms with E-state index in [-0.39, 0.29) is 5.91 Å². The van der Waals surface area contributed by atoms with Crippen molar-refractivity contribution in [1.82, 2.24) is 0 Å². The normalized spacial score (nSPS) is 11.8. The Hall–Kier alpha value is -1.91. The van der Waals surface area contributed by atoms with Gasteiger partial charge in [0, 0.05) is 5.69 Å². The number of nitrogens with one attached hydrogen (secondary N) is 1. The number of ether oxygens (including phenoxy) is 1. The lowest BCUT2D eigenvalue weighted by atomic mass is 10.2. The van der Waals surface area contributed by atoms with E-state index in [0.717, 1.165) is 0 Å². The summed E-state index contributed by atoms with van der Waals surface area (Å²) in [6.07, 6.45) is -0.707. The molecule has 0 heterocycles. The zero-order valence-electron chi connectivity index (χ0n) is 11.3. The molecule has 2 rings (SSSR count). The third kappa shape index (κ3) is 4.03. The maximum Gasteiger partial charge on any atom is 0.265 e. The Kier molecular flexibility index (Phi) is 4.94. The third-order valence-electron chi connectivity index (χ3n) is 2.77. The third-order valence-corrected chi connectivity index (χ3v) is 3.43. The Morgan fingerprint density at radius 1 is 1.19 bits per heavy atom. The van der Waals surface area contributed by atoms with Crippen LogP contribution in [0.5, 0.6) is 5.75 Å². The number of hydrogen-bond acceptors (Lipinski definition) is 3. The molecule has 1 atom stereocenters. The molecule has 1 amide bonds. The molecule has 0 aliphatic heterocycles. The number of para-hydroxylation sites is 1. The number of rotatable bonds is 4. The van der Waals surface area contributed by atoms with Gasteiger partial charge in [0.2, 0.25) is 0 Å². The maximum atomic E-state index is 12.1. The maximum absolute atomic E-state index is 12.1. The van der Waals surface area contributed by atoms with Crippen LogP contribution in [0.1, 0.15) is 6.92 Å². The minimum atomic E-state index is -0.707. The SMILES string of the molecule is C[C@@H](Oc1ccccc1Cl)C(=O)Nc1ccc(Cl)c(N)c1. The van der Waals surface area contributed by atoms with E-state index in [0.29, 0.717) is 27.2 Å². The molecule has 21 heavy (non-hydrogen) atoms. The average Bonchev–Trinajstić information content (AvgIpc) is 2.45. The lowest BCUT2D eigenvalue weighted by Crippen LogP contribution is -2.30. The van der Waals surface area contributed by atoms with E-state index < -0.39 is 6.10 Å². The van der Waals surface area contributed by atoms with Gasteiger partial charge in [-0.05, 0) is 37.3 Å². The fourth-order valence-corrected chi connectivity index (χ4v) is 1.95. The molecule has 0 bridgehead atoms. The van der Waals surface area contributed by atoms with Crippen molar-refractivity contribution >= 4 is 40.5 Å². The number of carbonyl (C=O) groups is 1. The summed E-state index contributed by atoms with van der Waals surface area (Å²) in [6.45, 7) is 1.64. The van der Waals surface area contributed by atoms with Gasteiger partial charge in [-0.1, -0.05) is 35.3 Å². The van der Waals surface area contributed by atoms with Crippen molar-refractivity contribution in [1.29, 1.82) is 0 Å². The van der Waals surface area contributed by atoms with Gasteiger partial charge in [0.25, 0.3) is 5.91 Å². The summed E-state index contributed by atoms with van der Waals surface area (Å²) < 4.78 is 5.53. The first-order chi connectivity index (χ1) is 9.97. The Bertz CT molecular complexity index is 662. The first-order valence-corrected chi connectivity index (χ1v) is 7.00. The van der Waals surface area contributed by atoms with E-state index in [1.54, 1.807) is 49.4 Å². The van der Waals surface area contributed by atoms with Crippen molar-refractivity contribution in [2.45, 2.75) is 13.0 Å². The lowest BCUT2D eigenvalue weighted by Gasteiger charge is -2.15. The number of benzene rings is 2. The second kappa shape index (κ2) is 6.70. The molecular weight excluding hydrogens is 311 g/mol. The summed E-state index contributed by atoms with van der Waals surface area (Å²) in [5, 5.41) is 3.59. The molecule has 0 aliphatic rings. The molecule has 0 aromatic heterocycles. The van der Waals surface area contributed by atoms with Gasteiger partial charge in [0.05, 0.1) is 15.7 Å². The smallest absolute Gasteiger partial charge is 0.265 e. The fraction of sp³-hybridized carbons (Fsp3) is 0.133. The number of nitrogen functional groups attached to an aromatic ring is 1. The van der Waals surface area contributed by atoms with E-state index in [9.17, 15) is 4.79 Å². The lowest BCUT2D eigenvalue weighted by molar-refractivity contribution is -0.122. The highest BCUT2D eigenvalue weighted by molar-refractivity contribution is 6.33. The molecule has 0 saturated carbocycles. The van der Waals surface area contributed by atoms with Crippen LogP contribution < -0.4 is 15.8 Å². The molecule has 2 aromatic rings. The van der Waals surface area contributed by atoms with Crippen LogP contribution in [0.3, 0.4) is 0 Å². The van der Waals surface area contributed by atoms with Crippen molar-refractivity contribution < 1.29 is 9.53 Å². The van der Waals surface area contributed by atoms with Crippen LogP contribution in [0.25, 0.3) is 0 Å². The quantitative estimate of drug-likeness (QED) is 0.836. The number of carbonyl (C=O) groups excluding carboxylic acids is 1. The van der Waals surface area contributed by atoms with E-state index in [4.69, 9.17) is 33.7 Å². The van der Waals surface area contributed by atoms with E-state index in [2.05, 4.69) is 5.32 Å². The fourth-order valence-electron chi connectivity index (χ4n) is 1.65. The second-order valence-corrected chi connectivity index (χ2v) is 5.23. The van der Waals surface area contributed by atoms with Crippen molar-refractivity contribution in [2.75, 3.05) is 11.1 Å². The summed E-state index contributed by atoms with van der Waals surface area (Å²) in [5.41, 5.74) is 6.63. The van der Waals surface area contributed by atoms with Crippen LogP contribution in [0.15, 0.2) is 42.5 Å². The zero-order valence-corrected chi connectivity index (χ0v) is 12.8. The molecule has 6 heteroatoms. The van der Waals surface area contributed by atoms with Gasteiger partial charge < -0.3 is 15.8 Å². The molecule has 0 unspecified atom stereocenters. The summed E-state index contributed by atoms with van der Waals surface area (Å²) in [7, 11) is 0. The first-order valence-electron chi connectivity index (χ1n) is 6.24. The number of amides is 1. The molecular formula is C15H14Cl2N2O2. The first kappa shape index (κ1) is 15.5. The summed E-state index contributed by atoms with van der Waals surface area (Å²) in [5.74, 6) is 0.147. The van der Waals surface area contributed by atoms with Crippen molar-refractivity contribution in [3.05, 3.63) is 52.5 Å². The Balaban J connectivity index is 2.02. The number of halogens is 2. The largest absolute Gasteiger partial charge is 0.479 e. The van der Waals surface area contributed by atoms with Crippen LogP contribution in [-0.2, 0) is 4.79 Å². The monoisotopic (exact) mass is 324 g/mol. The molecule has 4 nitrogen and oxygen atoms in total. The van der Waals surface area contributed by atoms with Gasteiger partial charge in [0.15, 0.2) is 6.10 Å². The van der Waals surface area contributed by atoms with E-state index >= 15 is 0 Å². The van der Waals surface area contributed by atoms with E-state index in [1.807, 2.05) is 0 Å². The van der Waals surface area contributed by atoms with Gasteiger partial charge in [-0.15, -0.1) is 0 Å². The number of anilines is 2. The van der Waals surface area contributed by atoms with Crippen LogP contribution >= 0.6 is 23.2 Å². The van der Waals surface area contributed by atoms with E-state index in [1.165, 1.54) is 0 Å². The molecule has 0 saturated heterocycles. The van der Waals surface area contributed by atoms with Gasteiger partial charge >= 0.3 is 0 Å². The highest BCUT2D eigenvalue weighted by atomic mass is 35.5. The molecule has 0 spiro atoms. The Labute approximate surface area is 132 Å². The average molecular weight is 325 g/mol. The molecule has 110 valence electrons. The predicted molar refractivity (Wildman–Crippen MR) is 86.0 cm³/mol. The Morgan fingerprint density at radius 2 is 1.90 bits per heavy atom. The van der Waals surface area contributed by atoms with Crippen molar-refractivity contribution in [2.24, 2.45) is 0 Å². The van der Waals surface area contributed by atoms with Crippen LogP contribution in [0.4, 0.5) is 11.4 Å². The summed E-state index contributed by atoms with van der Waals surface area (Å²) in [6, 6.07) is 11.8. The zero-order chi connectivity index (χ0) is 15.4. The van der Waals surface area contributed by atoms with Crippen molar-refractivity contribution in [3.8, 4) is 5.75 Å². The van der Waals surface area contributed by atoms with Crippen LogP contribution in [0, 0.1) is 0 Å². The number of nitrogens with two attached hydrogens (primary N) is 1. The summed E-state index contributed by atoms with van der Waals surface area (Å²) >= 11 is 11.8. The molecule has 0 fully saturated rings. The van der Waals surface area contributed by atoms with Gasteiger partial charge in [-0.25, -0.2) is 0 Å². The topological polar surface area (TPSA) is 64.3 Å². The standard InChI is InChI=1S/C15H14Cl2N2O2/c1-9(21-14-5-3-2-4-12(14)17)15(20)19-10-6-7-11(16)13(18)8-10/h2-9H,18H2,1H3,(H,19,20)/t9-/m1/s1. The van der Waals surface area contributed by atoms with Crippen LogP contribution in [-0.4, -0.2) is 12.0 Å². The molecule has 2 aromatic carbocycles. The molecule has 0 radical (unpaired) electrons. The summed E-state index contributed by atoms with van der Waals surface area (Å²) in [4.78, 5) is 12.1. The van der Waals surface area contributed by atoms with Gasteiger partial charge in [0.1, 0.15) is 5.75 Å². The predicted octanol–water partition coefficient (Wildman–Crippen LogP) is 3.98. The molecule has 0 aliphatic carbocycles. The highest BCUT2D eigenvalue weighted by Crippen LogP contribution is 2.25. The molecule has 3 N–H and O–H groups in total. The second-order valence-electron chi connectivity index (χ2n) is 4.42. The Morgan fingerprint density at radius 3 is 2.57 bits per heavy atom. The van der Waals surface area contributed by atoms with Crippen molar-refractivity contribution in [3.63, 3.8) is 0 Å². The van der Waals surface area contributed by atoms with Gasteiger partial charge in [-0.2, -0.15) is 0 Å². The minimum absolute atomic E-state index is 0.309. The minimum Gasteiger partial charge on any atom is -0.479 e.